The van der Waals surface area contributed by atoms with E-state index in [0.717, 1.165) is 5.76 Å². The summed E-state index contributed by atoms with van der Waals surface area (Å²) in [4.78, 5) is 0. The third-order valence-corrected chi connectivity index (χ3v) is 2.17. The highest BCUT2D eigenvalue weighted by Gasteiger charge is 2.08. The molecule has 1 heterocycles. The summed E-state index contributed by atoms with van der Waals surface area (Å²) in [6, 6.07) is 3.84. The monoisotopic (exact) mass is 228 g/mol. The van der Waals surface area contributed by atoms with E-state index >= 15 is 0 Å². The Kier molecular flexibility index (Phi) is 5.14. The molecule has 0 saturated carbocycles. The fraction of sp³-hybridized carbons (Fsp3) is 0.500. The Morgan fingerprint density at radius 2 is 2.47 bits per heavy atom. The normalized spacial score (nSPS) is 12.1. The van der Waals surface area contributed by atoms with E-state index in [1.54, 1.807) is 13.4 Å². The molecule has 1 atom stereocenters. The second kappa shape index (κ2) is 6.42. The number of hydrogen-bond donors (Lipinski definition) is 2. The van der Waals surface area contributed by atoms with Crippen LogP contribution in [0.25, 0.3) is 0 Å². The second-order valence-electron chi connectivity index (χ2n) is 3.13. The van der Waals surface area contributed by atoms with Gasteiger partial charge in [-0.05, 0) is 31.3 Å². The zero-order chi connectivity index (χ0) is 11.1. The topological polar surface area (TPSA) is 46.4 Å². The standard InChI is InChI=1S/C10H16N2O2S/c1-8(9-4-3-6-14-9)12-10(15)11-5-7-13-2/h3-4,6,8H,5,7H2,1-2H3,(H2,11,12,15). The lowest BCUT2D eigenvalue weighted by atomic mass is 10.2. The van der Waals surface area contributed by atoms with Crippen molar-refractivity contribution in [3.05, 3.63) is 24.2 Å². The molecule has 0 spiro atoms. The van der Waals surface area contributed by atoms with E-state index in [4.69, 9.17) is 21.4 Å². The predicted octanol–water partition coefficient (Wildman–Crippen LogP) is 1.45. The van der Waals surface area contributed by atoms with Gasteiger partial charge in [-0.25, -0.2) is 0 Å². The number of ether oxygens (including phenoxy) is 1. The molecule has 0 bridgehead atoms. The van der Waals surface area contributed by atoms with Crippen LogP contribution in [0, 0.1) is 0 Å². The molecule has 0 aliphatic heterocycles. The van der Waals surface area contributed by atoms with Crippen LogP contribution in [0.15, 0.2) is 22.8 Å². The van der Waals surface area contributed by atoms with E-state index in [-0.39, 0.29) is 6.04 Å². The Bertz CT molecular complexity index is 288. The van der Waals surface area contributed by atoms with Crippen molar-refractivity contribution in [3.63, 3.8) is 0 Å². The summed E-state index contributed by atoms with van der Waals surface area (Å²) < 4.78 is 10.1. The summed E-state index contributed by atoms with van der Waals surface area (Å²) in [5.74, 6) is 0.867. The fourth-order valence-electron chi connectivity index (χ4n) is 1.12. The number of hydrogen-bond acceptors (Lipinski definition) is 3. The van der Waals surface area contributed by atoms with Crippen LogP contribution in [0.4, 0.5) is 0 Å². The third-order valence-electron chi connectivity index (χ3n) is 1.91. The number of methoxy groups -OCH3 is 1. The Hall–Kier alpha value is -1.07. The Balaban J connectivity index is 2.26. The van der Waals surface area contributed by atoms with E-state index in [1.165, 1.54) is 0 Å². The molecule has 1 unspecified atom stereocenters. The SMILES string of the molecule is COCCNC(=S)NC(C)c1ccco1. The van der Waals surface area contributed by atoms with E-state index in [1.807, 2.05) is 19.1 Å². The minimum atomic E-state index is 0.0718. The van der Waals surface area contributed by atoms with E-state index in [0.29, 0.717) is 18.3 Å². The molecule has 1 aromatic heterocycles. The lowest BCUT2D eigenvalue weighted by molar-refractivity contribution is 0.204. The molecule has 0 fully saturated rings. The van der Waals surface area contributed by atoms with Gasteiger partial charge in [-0.15, -0.1) is 0 Å². The van der Waals surface area contributed by atoms with Crippen LogP contribution in [0.1, 0.15) is 18.7 Å². The molecule has 0 aliphatic carbocycles. The molecule has 1 rings (SSSR count). The molecular weight excluding hydrogens is 212 g/mol. The first-order valence-electron chi connectivity index (χ1n) is 4.80. The first kappa shape index (κ1) is 12.0. The van der Waals surface area contributed by atoms with Crippen molar-refractivity contribution in [2.75, 3.05) is 20.3 Å². The minimum Gasteiger partial charge on any atom is -0.467 e. The van der Waals surface area contributed by atoms with E-state index < -0.39 is 0 Å². The van der Waals surface area contributed by atoms with Gasteiger partial charge >= 0.3 is 0 Å². The zero-order valence-corrected chi connectivity index (χ0v) is 9.76. The van der Waals surface area contributed by atoms with Gasteiger partial charge in [0.1, 0.15) is 5.76 Å². The third kappa shape index (κ3) is 4.31. The fourth-order valence-corrected chi connectivity index (χ4v) is 1.40. The maximum absolute atomic E-state index is 5.25. The minimum absolute atomic E-state index is 0.0718. The second-order valence-corrected chi connectivity index (χ2v) is 3.54. The van der Waals surface area contributed by atoms with Crippen LogP contribution < -0.4 is 10.6 Å². The molecule has 0 amide bonds. The van der Waals surface area contributed by atoms with Crippen molar-refractivity contribution in [1.82, 2.24) is 10.6 Å². The maximum Gasteiger partial charge on any atom is 0.166 e. The summed E-state index contributed by atoms with van der Waals surface area (Å²) in [7, 11) is 1.66. The molecule has 84 valence electrons. The van der Waals surface area contributed by atoms with Crippen LogP contribution in [0.2, 0.25) is 0 Å². The molecule has 0 radical (unpaired) electrons. The van der Waals surface area contributed by atoms with Gasteiger partial charge in [0.2, 0.25) is 0 Å². The summed E-state index contributed by atoms with van der Waals surface area (Å²) in [5.41, 5.74) is 0. The molecule has 5 heteroatoms. The Morgan fingerprint density at radius 1 is 1.67 bits per heavy atom. The van der Waals surface area contributed by atoms with Gasteiger partial charge in [0.15, 0.2) is 5.11 Å². The Labute approximate surface area is 95.0 Å². The van der Waals surface area contributed by atoms with Crippen molar-refractivity contribution in [2.45, 2.75) is 13.0 Å². The van der Waals surface area contributed by atoms with Crippen molar-refractivity contribution in [3.8, 4) is 0 Å². The molecular formula is C10H16N2O2S. The van der Waals surface area contributed by atoms with Gasteiger partial charge in [0, 0.05) is 13.7 Å². The van der Waals surface area contributed by atoms with Gasteiger partial charge in [-0.3, -0.25) is 0 Å². The van der Waals surface area contributed by atoms with Gasteiger partial charge in [-0.2, -0.15) is 0 Å². The summed E-state index contributed by atoms with van der Waals surface area (Å²) in [6.07, 6.45) is 1.65. The number of rotatable bonds is 5. The molecule has 1 aromatic rings. The molecule has 2 N–H and O–H groups in total. The number of nitrogens with one attached hydrogen (secondary N) is 2. The summed E-state index contributed by atoms with van der Waals surface area (Å²) in [5, 5.41) is 6.75. The molecule has 4 nitrogen and oxygen atoms in total. The summed E-state index contributed by atoms with van der Waals surface area (Å²) in [6.45, 7) is 3.33. The van der Waals surface area contributed by atoms with Crippen LogP contribution in [-0.2, 0) is 4.74 Å². The highest BCUT2D eigenvalue weighted by Crippen LogP contribution is 2.11. The van der Waals surface area contributed by atoms with Crippen LogP contribution in [0.3, 0.4) is 0 Å². The molecule has 0 saturated heterocycles. The van der Waals surface area contributed by atoms with Crippen molar-refractivity contribution in [2.24, 2.45) is 0 Å². The van der Waals surface area contributed by atoms with Crippen LogP contribution in [0.5, 0.6) is 0 Å². The lowest BCUT2D eigenvalue weighted by Crippen LogP contribution is -2.38. The predicted molar refractivity (Wildman–Crippen MR) is 62.7 cm³/mol. The average Bonchev–Trinajstić information content (AvgIpc) is 2.70. The first-order chi connectivity index (χ1) is 7.24. The lowest BCUT2D eigenvalue weighted by Gasteiger charge is -2.14. The zero-order valence-electron chi connectivity index (χ0n) is 8.95. The highest BCUT2D eigenvalue weighted by atomic mass is 32.1. The largest absolute Gasteiger partial charge is 0.467 e. The Morgan fingerprint density at radius 3 is 3.07 bits per heavy atom. The molecule has 0 aliphatic rings. The van der Waals surface area contributed by atoms with Gasteiger partial charge in [0.25, 0.3) is 0 Å². The summed E-state index contributed by atoms with van der Waals surface area (Å²) >= 11 is 5.10. The van der Waals surface area contributed by atoms with Crippen molar-refractivity contribution < 1.29 is 9.15 Å². The number of thiocarbonyl (C=S) groups is 1. The van der Waals surface area contributed by atoms with Crippen molar-refractivity contribution >= 4 is 17.3 Å². The van der Waals surface area contributed by atoms with Crippen LogP contribution in [-0.4, -0.2) is 25.4 Å². The quantitative estimate of drug-likeness (QED) is 0.590. The van der Waals surface area contributed by atoms with Gasteiger partial charge in [-0.1, -0.05) is 0 Å². The van der Waals surface area contributed by atoms with Gasteiger partial charge in [0.05, 0.1) is 18.9 Å². The molecule has 0 aromatic carbocycles. The average molecular weight is 228 g/mol. The first-order valence-corrected chi connectivity index (χ1v) is 5.21. The van der Waals surface area contributed by atoms with Crippen LogP contribution >= 0.6 is 12.2 Å². The number of furan rings is 1. The smallest absolute Gasteiger partial charge is 0.166 e. The van der Waals surface area contributed by atoms with Gasteiger partial charge < -0.3 is 19.8 Å². The highest BCUT2D eigenvalue weighted by molar-refractivity contribution is 7.80. The van der Waals surface area contributed by atoms with Crippen molar-refractivity contribution in [1.29, 1.82) is 0 Å². The van der Waals surface area contributed by atoms with E-state index in [9.17, 15) is 0 Å². The maximum atomic E-state index is 5.25. The van der Waals surface area contributed by atoms with E-state index in [2.05, 4.69) is 10.6 Å². The molecule has 15 heavy (non-hydrogen) atoms.